The highest BCUT2D eigenvalue weighted by molar-refractivity contribution is 8.13. The van der Waals surface area contributed by atoms with Gasteiger partial charge in [0, 0.05) is 22.1 Å². The Balaban J connectivity index is 2.83. The van der Waals surface area contributed by atoms with Crippen LogP contribution >= 0.6 is 22.0 Å². The van der Waals surface area contributed by atoms with E-state index in [2.05, 4.69) is 5.32 Å². The number of halogens is 1. The Morgan fingerprint density at radius 3 is 2.65 bits per heavy atom. The molecule has 0 spiro atoms. The van der Waals surface area contributed by atoms with Gasteiger partial charge in [-0.05, 0) is 19.4 Å². The van der Waals surface area contributed by atoms with Gasteiger partial charge in [-0.3, -0.25) is 4.79 Å². The van der Waals surface area contributed by atoms with Gasteiger partial charge >= 0.3 is 0 Å². The molecule has 0 aromatic carbocycles. The third-order valence-corrected chi connectivity index (χ3v) is 4.80. The maximum Gasteiger partial charge on any atom is 0.262 e. The predicted molar refractivity (Wildman–Crippen MR) is 69.3 cm³/mol. The van der Waals surface area contributed by atoms with Gasteiger partial charge in [-0.1, -0.05) is 13.3 Å². The van der Waals surface area contributed by atoms with Crippen LogP contribution in [0.5, 0.6) is 0 Å². The van der Waals surface area contributed by atoms with E-state index in [-0.39, 0.29) is 10.8 Å². The first kappa shape index (κ1) is 14.5. The smallest absolute Gasteiger partial charge is 0.262 e. The first-order valence-corrected chi connectivity index (χ1v) is 8.32. The van der Waals surface area contributed by atoms with Gasteiger partial charge in [-0.25, -0.2) is 8.42 Å². The molecule has 0 aliphatic heterocycles. The highest BCUT2D eigenvalue weighted by Gasteiger charge is 2.19. The molecule has 0 fully saturated rings. The third-order valence-electron chi connectivity index (χ3n) is 2.17. The maximum atomic E-state index is 11.7. The van der Waals surface area contributed by atoms with Crippen LogP contribution in [0.25, 0.3) is 0 Å². The van der Waals surface area contributed by atoms with E-state index in [0.29, 0.717) is 16.3 Å². The Labute approximate surface area is 109 Å². The molecule has 1 N–H and O–H groups in total. The Morgan fingerprint density at radius 1 is 1.53 bits per heavy atom. The van der Waals surface area contributed by atoms with Crippen molar-refractivity contribution in [1.29, 1.82) is 0 Å². The van der Waals surface area contributed by atoms with Crippen molar-refractivity contribution in [3.63, 3.8) is 0 Å². The van der Waals surface area contributed by atoms with Gasteiger partial charge in [0.15, 0.2) is 0 Å². The molecule has 0 atom stereocenters. The Kier molecular flexibility index (Phi) is 4.97. The van der Waals surface area contributed by atoms with Crippen molar-refractivity contribution in [3.8, 4) is 0 Å². The molecular weight excluding hydrogens is 282 g/mol. The van der Waals surface area contributed by atoms with Crippen LogP contribution in [0.4, 0.5) is 0 Å². The largest absolute Gasteiger partial charge is 0.351 e. The highest BCUT2D eigenvalue weighted by Crippen LogP contribution is 2.28. The van der Waals surface area contributed by atoms with E-state index in [0.717, 1.165) is 24.2 Å². The number of amides is 1. The van der Waals surface area contributed by atoms with Gasteiger partial charge in [0.1, 0.15) is 0 Å². The number of carbonyl (C=O) groups excluding carboxylic acids is 1. The SMILES string of the molecule is CCCCNC(=O)c1cc(S(=O)(=O)Cl)c(C)s1. The van der Waals surface area contributed by atoms with E-state index in [1.807, 2.05) is 6.92 Å². The van der Waals surface area contributed by atoms with Crippen LogP contribution in [-0.4, -0.2) is 20.9 Å². The molecule has 0 unspecified atom stereocenters. The molecule has 0 saturated carbocycles. The molecule has 7 heteroatoms. The normalized spacial score (nSPS) is 11.5. The molecule has 0 aliphatic carbocycles. The van der Waals surface area contributed by atoms with Crippen LogP contribution in [0.3, 0.4) is 0 Å². The summed E-state index contributed by atoms with van der Waals surface area (Å²) >= 11 is 1.13. The van der Waals surface area contributed by atoms with Crippen LogP contribution in [-0.2, 0) is 9.05 Å². The monoisotopic (exact) mass is 295 g/mol. The van der Waals surface area contributed by atoms with E-state index < -0.39 is 9.05 Å². The maximum absolute atomic E-state index is 11.7. The quantitative estimate of drug-likeness (QED) is 0.670. The first-order chi connectivity index (χ1) is 7.86. The number of carbonyl (C=O) groups is 1. The summed E-state index contributed by atoms with van der Waals surface area (Å²) in [5, 5.41) is 2.73. The molecule has 96 valence electrons. The van der Waals surface area contributed by atoms with Crippen molar-refractivity contribution in [3.05, 3.63) is 15.8 Å². The number of unbranched alkanes of at least 4 members (excludes halogenated alkanes) is 1. The molecule has 4 nitrogen and oxygen atoms in total. The van der Waals surface area contributed by atoms with Gasteiger partial charge in [0.25, 0.3) is 15.0 Å². The van der Waals surface area contributed by atoms with Crippen molar-refractivity contribution >= 4 is 37.0 Å². The van der Waals surface area contributed by atoms with E-state index >= 15 is 0 Å². The number of aryl methyl sites for hydroxylation is 1. The van der Waals surface area contributed by atoms with Gasteiger partial charge in [-0.2, -0.15) is 0 Å². The van der Waals surface area contributed by atoms with Crippen LogP contribution in [0, 0.1) is 6.92 Å². The highest BCUT2D eigenvalue weighted by atomic mass is 35.7. The van der Waals surface area contributed by atoms with Gasteiger partial charge in [0.05, 0.1) is 9.77 Å². The molecule has 0 aliphatic rings. The minimum absolute atomic E-state index is 0.0183. The van der Waals surface area contributed by atoms with Crippen molar-refractivity contribution in [2.24, 2.45) is 0 Å². The summed E-state index contributed by atoms with van der Waals surface area (Å²) in [4.78, 5) is 12.6. The number of nitrogens with one attached hydrogen (secondary N) is 1. The third kappa shape index (κ3) is 3.97. The van der Waals surface area contributed by atoms with E-state index in [4.69, 9.17) is 10.7 Å². The fourth-order valence-corrected chi connectivity index (χ4v) is 3.86. The lowest BCUT2D eigenvalue weighted by molar-refractivity contribution is 0.0957. The topological polar surface area (TPSA) is 63.2 Å². The molecule has 1 amide bonds. The van der Waals surface area contributed by atoms with Crippen LogP contribution in [0.1, 0.15) is 34.3 Å². The lowest BCUT2D eigenvalue weighted by Crippen LogP contribution is -2.23. The molecule has 1 aromatic rings. The van der Waals surface area contributed by atoms with Crippen LogP contribution in [0.15, 0.2) is 11.0 Å². The second-order valence-corrected chi connectivity index (χ2v) is 7.37. The molecule has 0 radical (unpaired) electrons. The summed E-state index contributed by atoms with van der Waals surface area (Å²) in [5.41, 5.74) is 0. The van der Waals surface area contributed by atoms with Gasteiger partial charge in [0.2, 0.25) is 0 Å². The van der Waals surface area contributed by atoms with Crippen LogP contribution in [0.2, 0.25) is 0 Å². The second kappa shape index (κ2) is 5.84. The van der Waals surface area contributed by atoms with E-state index in [9.17, 15) is 13.2 Å². The number of hydrogen-bond acceptors (Lipinski definition) is 4. The second-order valence-electron chi connectivity index (χ2n) is 3.58. The lowest BCUT2D eigenvalue weighted by atomic mass is 10.3. The summed E-state index contributed by atoms with van der Waals surface area (Å²) in [6.07, 6.45) is 1.89. The number of thiophene rings is 1. The van der Waals surface area contributed by atoms with Crippen molar-refractivity contribution in [2.75, 3.05) is 6.54 Å². The fraction of sp³-hybridized carbons (Fsp3) is 0.500. The van der Waals surface area contributed by atoms with Gasteiger partial charge in [-0.15, -0.1) is 11.3 Å². The zero-order chi connectivity index (χ0) is 13.1. The summed E-state index contributed by atoms with van der Waals surface area (Å²) in [7, 11) is 1.49. The van der Waals surface area contributed by atoms with Crippen molar-refractivity contribution < 1.29 is 13.2 Å². The number of rotatable bonds is 5. The minimum Gasteiger partial charge on any atom is -0.351 e. The zero-order valence-electron chi connectivity index (χ0n) is 9.62. The number of hydrogen-bond donors (Lipinski definition) is 1. The minimum atomic E-state index is -3.77. The summed E-state index contributed by atoms with van der Waals surface area (Å²) in [5.74, 6) is -0.252. The molecule has 1 aromatic heterocycles. The zero-order valence-corrected chi connectivity index (χ0v) is 12.0. The average Bonchev–Trinajstić information content (AvgIpc) is 2.60. The Bertz CT molecular complexity index is 508. The van der Waals surface area contributed by atoms with E-state index in [1.54, 1.807) is 6.92 Å². The first-order valence-electron chi connectivity index (χ1n) is 5.19. The molecule has 0 saturated heterocycles. The summed E-state index contributed by atoms with van der Waals surface area (Å²) < 4.78 is 22.4. The van der Waals surface area contributed by atoms with Gasteiger partial charge < -0.3 is 5.32 Å². The van der Waals surface area contributed by atoms with Crippen molar-refractivity contribution in [1.82, 2.24) is 5.32 Å². The van der Waals surface area contributed by atoms with Crippen molar-refractivity contribution in [2.45, 2.75) is 31.6 Å². The van der Waals surface area contributed by atoms with E-state index in [1.165, 1.54) is 6.07 Å². The standard InChI is InChI=1S/C10H14ClNO3S2/c1-3-4-5-12-10(13)8-6-9(7(2)16-8)17(11,14)15/h6H,3-5H2,1-2H3,(H,12,13). The Morgan fingerprint density at radius 2 is 2.18 bits per heavy atom. The average molecular weight is 296 g/mol. The molecular formula is C10H14ClNO3S2. The predicted octanol–water partition coefficient (Wildman–Crippen LogP) is 2.51. The Hall–Kier alpha value is -0.590. The molecule has 0 bridgehead atoms. The van der Waals surface area contributed by atoms with Crippen LogP contribution < -0.4 is 5.32 Å². The summed E-state index contributed by atoms with van der Waals surface area (Å²) in [6.45, 7) is 4.25. The molecule has 17 heavy (non-hydrogen) atoms. The summed E-state index contributed by atoms with van der Waals surface area (Å²) in [6, 6.07) is 1.32. The fourth-order valence-electron chi connectivity index (χ4n) is 1.29. The molecule has 1 rings (SSSR count). The molecule has 1 heterocycles. The lowest BCUT2D eigenvalue weighted by Gasteiger charge is -2.00.